The highest BCUT2D eigenvalue weighted by Crippen LogP contribution is 2.28. The van der Waals surface area contributed by atoms with E-state index in [1.54, 1.807) is 6.07 Å². The molecule has 0 radical (unpaired) electrons. The number of para-hydroxylation sites is 1. The van der Waals surface area contributed by atoms with Crippen LogP contribution in [0.3, 0.4) is 0 Å². The molecule has 0 spiro atoms. The van der Waals surface area contributed by atoms with Gasteiger partial charge in [-0.3, -0.25) is 4.79 Å². The predicted molar refractivity (Wildman–Crippen MR) is 80.2 cm³/mol. The molecule has 0 saturated heterocycles. The molecule has 0 unspecified atom stereocenters. The third-order valence-corrected chi connectivity index (χ3v) is 3.13. The zero-order chi connectivity index (χ0) is 14.3. The van der Waals surface area contributed by atoms with Gasteiger partial charge in [-0.15, -0.1) is 0 Å². The molecule has 1 rings (SSSR count). The minimum absolute atomic E-state index is 0.448. The van der Waals surface area contributed by atoms with Crippen LogP contribution in [0.25, 0.3) is 0 Å². The van der Waals surface area contributed by atoms with Crippen molar-refractivity contribution in [3.05, 3.63) is 29.3 Å². The van der Waals surface area contributed by atoms with Crippen molar-refractivity contribution in [1.82, 2.24) is 0 Å². The van der Waals surface area contributed by atoms with Gasteiger partial charge in [0.05, 0.1) is 12.2 Å². The number of carbonyl (C=O) groups excluding carboxylic acids is 1. The Bertz CT molecular complexity index is 413. The Morgan fingerprint density at radius 2 is 2.05 bits per heavy atom. The first-order valence-corrected chi connectivity index (χ1v) is 7.38. The normalized spacial score (nSPS) is 10.8. The van der Waals surface area contributed by atoms with E-state index in [9.17, 15) is 4.79 Å². The predicted octanol–water partition coefficient (Wildman–Crippen LogP) is 4.83. The summed E-state index contributed by atoms with van der Waals surface area (Å²) >= 11 is 5.64. The molecular formula is C16H23ClO2. The Hall–Kier alpha value is -1.02. The van der Waals surface area contributed by atoms with Gasteiger partial charge in [0.15, 0.2) is 0 Å². The molecule has 0 aromatic heterocycles. The molecule has 3 heteroatoms. The molecular weight excluding hydrogens is 260 g/mol. The van der Waals surface area contributed by atoms with Crippen LogP contribution in [0.2, 0.25) is 0 Å². The van der Waals surface area contributed by atoms with E-state index in [4.69, 9.17) is 16.3 Å². The van der Waals surface area contributed by atoms with Gasteiger partial charge >= 0.3 is 0 Å². The molecule has 1 aromatic rings. The van der Waals surface area contributed by atoms with Crippen molar-refractivity contribution in [3.63, 3.8) is 0 Å². The Morgan fingerprint density at radius 1 is 1.32 bits per heavy atom. The van der Waals surface area contributed by atoms with Crippen LogP contribution in [0.1, 0.15) is 56.0 Å². The van der Waals surface area contributed by atoms with Crippen LogP contribution in [0, 0.1) is 5.92 Å². The lowest BCUT2D eigenvalue weighted by molar-refractivity contribution is 0.107. The minimum Gasteiger partial charge on any atom is -0.492 e. The second kappa shape index (κ2) is 8.21. The van der Waals surface area contributed by atoms with Gasteiger partial charge in [0, 0.05) is 0 Å². The first kappa shape index (κ1) is 16.0. The number of benzene rings is 1. The van der Waals surface area contributed by atoms with Gasteiger partial charge in [-0.1, -0.05) is 45.7 Å². The van der Waals surface area contributed by atoms with Crippen molar-refractivity contribution in [2.75, 3.05) is 6.61 Å². The van der Waals surface area contributed by atoms with Crippen LogP contribution in [-0.4, -0.2) is 11.8 Å². The second-order valence-electron chi connectivity index (χ2n) is 5.22. The summed E-state index contributed by atoms with van der Waals surface area (Å²) in [4.78, 5) is 11.5. The average Bonchev–Trinajstić information content (AvgIpc) is 2.35. The van der Waals surface area contributed by atoms with Crippen LogP contribution in [0.15, 0.2) is 18.2 Å². The average molecular weight is 283 g/mol. The van der Waals surface area contributed by atoms with Crippen molar-refractivity contribution < 1.29 is 9.53 Å². The van der Waals surface area contributed by atoms with E-state index in [-0.39, 0.29) is 0 Å². The van der Waals surface area contributed by atoms with E-state index >= 15 is 0 Å². The third kappa shape index (κ3) is 5.23. The molecule has 0 N–H and O–H groups in total. The standard InChI is InChI=1S/C16H23ClO2/c1-4-5-6-10-19-15-13(11-12(2)3)8-7-9-14(15)16(17)18/h7-9,12H,4-6,10-11H2,1-3H3. The zero-order valence-corrected chi connectivity index (χ0v) is 12.8. The maximum Gasteiger partial charge on any atom is 0.256 e. The monoisotopic (exact) mass is 282 g/mol. The fourth-order valence-electron chi connectivity index (χ4n) is 2.04. The molecule has 19 heavy (non-hydrogen) atoms. The Morgan fingerprint density at radius 3 is 2.63 bits per heavy atom. The van der Waals surface area contributed by atoms with Crippen molar-refractivity contribution in [2.24, 2.45) is 5.92 Å². The molecule has 106 valence electrons. The molecule has 2 nitrogen and oxygen atoms in total. The number of halogens is 1. The summed E-state index contributed by atoms with van der Waals surface area (Å²) in [5.41, 5.74) is 1.55. The summed E-state index contributed by atoms with van der Waals surface area (Å²) in [6.07, 6.45) is 4.18. The number of hydrogen-bond acceptors (Lipinski definition) is 2. The van der Waals surface area contributed by atoms with E-state index < -0.39 is 5.24 Å². The highest BCUT2D eigenvalue weighted by Gasteiger charge is 2.15. The topological polar surface area (TPSA) is 26.3 Å². The summed E-state index contributed by atoms with van der Waals surface area (Å²) in [5, 5.41) is -0.448. The molecule has 0 amide bonds. The Kier molecular flexibility index (Phi) is 6.93. The van der Waals surface area contributed by atoms with Crippen LogP contribution in [0.5, 0.6) is 5.75 Å². The van der Waals surface area contributed by atoms with Gasteiger partial charge in [0.25, 0.3) is 5.24 Å². The molecule has 0 atom stereocenters. The first-order valence-electron chi connectivity index (χ1n) is 7.00. The molecule has 0 bridgehead atoms. The van der Waals surface area contributed by atoms with Gasteiger partial charge in [-0.2, -0.15) is 0 Å². The SMILES string of the molecule is CCCCCOc1c(CC(C)C)cccc1C(=O)Cl. The lowest BCUT2D eigenvalue weighted by atomic mass is 10.00. The number of ether oxygens (including phenoxy) is 1. The maximum absolute atomic E-state index is 11.5. The summed E-state index contributed by atoms with van der Waals surface area (Å²) in [5.74, 6) is 1.19. The number of hydrogen-bond donors (Lipinski definition) is 0. The first-order chi connectivity index (χ1) is 9.06. The van der Waals surface area contributed by atoms with Crippen LogP contribution in [-0.2, 0) is 6.42 Å². The molecule has 0 aliphatic carbocycles. The highest BCUT2D eigenvalue weighted by atomic mass is 35.5. The zero-order valence-electron chi connectivity index (χ0n) is 12.0. The number of carbonyl (C=O) groups is 1. The van der Waals surface area contributed by atoms with Crippen LogP contribution >= 0.6 is 11.6 Å². The van der Waals surface area contributed by atoms with E-state index in [1.165, 1.54) is 0 Å². The summed E-state index contributed by atoms with van der Waals surface area (Å²) in [6.45, 7) is 7.09. The van der Waals surface area contributed by atoms with E-state index in [1.807, 2.05) is 12.1 Å². The molecule has 0 aliphatic rings. The van der Waals surface area contributed by atoms with Crippen LogP contribution < -0.4 is 4.74 Å². The third-order valence-electron chi connectivity index (χ3n) is 2.93. The van der Waals surface area contributed by atoms with E-state index in [0.717, 1.165) is 31.2 Å². The lowest BCUT2D eigenvalue weighted by Crippen LogP contribution is -2.07. The fourth-order valence-corrected chi connectivity index (χ4v) is 2.19. The van der Waals surface area contributed by atoms with Gasteiger partial charge < -0.3 is 4.74 Å². The molecule has 1 aromatic carbocycles. The molecule has 0 fully saturated rings. The van der Waals surface area contributed by atoms with Gasteiger partial charge in [-0.05, 0) is 42.0 Å². The Balaban J connectivity index is 2.90. The van der Waals surface area contributed by atoms with E-state index in [0.29, 0.717) is 23.8 Å². The lowest BCUT2D eigenvalue weighted by Gasteiger charge is -2.15. The fraction of sp³-hybridized carbons (Fsp3) is 0.562. The van der Waals surface area contributed by atoms with Crippen molar-refractivity contribution in [3.8, 4) is 5.75 Å². The minimum atomic E-state index is -0.448. The van der Waals surface area contributed by atoms with E-state index in [2.05, 4.69) is 20.8 Å². The summed E-state index contributed by atoms with van der Waals surface area (Å²) in [7, 11) is 0. The van der Waals surface area contributed by atoms with Crippen molar-refractivity contribution >= 4 is 16.8 Å². The second-order valence-corrected chi connectivity index (χ2v) is 5.56. The Labute approximate surface area is 121 Å². The maximum atomic E-state index is 11.5. The molecule has 0 aliphatic heterocycles. The van der Waals surface area contributed by atoms with Gasteiger partial charge in [0.2, 0.25) is 0 Å². The van der Waals surface area contributed by atoms with Crippen LogP contribution in [0.4, 0.5) is 0 Å². The largest absolute Gasteiger partial charge is 0.492 e. The quantitative estimate of drug-likeness (QED) is 0.504. The van der Waals surface area contributed by atoms with Crippen molar-refractivity contribution in [2.45, 2.75) is 46.5 Å². The highest BCUT2D eigenvalue weighted by molar-refractivity contribution is 6.68. The molecule has 0 heterocycles. The van der Waals surface area contributed by atoms with Gasteiger partial charge in [-0.25, -0.2) is 0 Å². The van der Waals surface area contributed by atoms with Gasteiger partial charge in [0.1, 0.15) is 5.75 Å². The smallest absolute Gasteiger partial charge is 0.256 e. The summed E-state index contributed by atoms with van der Waals surface area (Å²) in [6, 6.07) is 5.61. The van der Waals surface area contributed by atoms with Crippen molar-refractivity contribution in [1.29, 1.82) is 0 Å². The molecule has 0 saturated carbocycles. The summed E-state index contributed by atoms with van der Waals surface area (Å²) < 4.78 is 5.83. The number of rotatable bonds is 8. The number of unbranched alkanes of at least 4 members (excludes halogenated alkanes) is 2.